The highest BCUT2D eigenvalue weighted by molar-refractivity contribution is 5.29. The van der Waals surface area contributed by atoms with E-state index in [1.165, 1.54) is 13.2 Å². The van der Waals surface area contributed by atoms with Gasteiger partial charge in [0.2, 0.25) is 0 Å². The van der Waals surface area contributed by atoms with Crippen LogP contribution in [0.1, 0.15) is 32.3 Å². The fourth-order valence-electron chi connectivity index (χ4n) is 2.10. The van der Waals surface area contributed by atoms with Crippen LogP contribution in [0.15, 0.2) is 18.2 Å². The maximum atomic E-state index is 13.6. The van der Waals surface area contributed by atoms with Gasteiger partial charge in [-0.25, -0.2) is 4.39 Å². The molecule has 1 aromatic rings. The van der Waals surface area contributed by atoms with Gasteiger partial charge in [-0.15, -0.1) is 0 Å². The maximum absolute atomic E-state index is 13.6. The molecule has 108 valence electrons. The molecule has 0 saturated carbocycles. The van der Waals surface area contributed by atoms with Gasteiger partial charge < -0.3 is 14.6 Å². The highest BCUT2D eigenvalue weighted by atomic mass is 19.1. The number of halogens is 1. The zero-order chi connectivity index (χ0) is 14.3. The van der Waals surface area contributed by atoms with Crippen molar-refractivity contribution < 1.29 is 19.0 Å². The van der Waals surface area contributed by atoms with Crippen LogP contribution < -0.4 is 4.74 Å². The Bertz CT molecular complexity index is 376. The molecule has 0 aliphatic heterocycles. The van der Waals surface area contributed by atoms with Crippen LogP contribution in [0, 0.1) is 5.82 Å². The van der Waals surface area contributed by atoms with Gasteiger partial charge in [0.05, 0.1) is 19.3 Å². The Morgan fingerprint density at radius 2 is 2.05 bits per heavy atom. The van der Waals surface area contributed by atoms with Gasteiger partial charge in [-0.05, 0) is 31.0 Å². The summed E-state index contributed by atoms with van der Waals surface area (Å²) in [5, 5.41) is 10.2. The zero-order valence-electron chi connectivity index (χ0n) is 11.9. The molecule has 0 fully saturated rings. The van der Waals surface area contributed by atoms with Gasteiger partial charge >= 0.3 is 0 Å². The van der Waals surface area contributed by atoms with Crippen LogP contribution in [0.4, 0.5) is 4.39 Å². The SMILES string of the molecule is CCCC(OCC)C(O)Cc1ccc(OC)c(F)c1. The molecule has 0 aliphatic carbocycles. The van der Waals surface area contributed by atoms with E-state index in [0.29, 0.717) is 13.0 Å². The second kappa shape index (κ2) is 8.12. The summed E-state index contributed by atoms with van der Waals surface area (Å²) in [5.74, 6) is -0.191. The summed E-state index contributed by atoms with van der Waals surface area (Å²) >= 11 is 0. The van der Waals surface area contributed by atoms with E-state index in [9.17, 15) is 9.50 Å². The molecule has 1 N–H and O–H groups in total. The summed E-state index contributed by atoms with van der Waals surface area (Å²) in [5.41, 5.74) is 0.742. The fraction of sp³-hybridized carbons (Fsp3) is 0.600. The molecule has 0 aliphatic rings. The van der Waals surface area contributed by atoms with Crippen molar-refractivity contribution in [3.05, 3.63) is 29.6 Å². The van der Waals surface area contributed by atoms with E-state index in [2.05, 4.69) is 0 Å². The first-order chi connectivity index (χ1) is 9.12. The third kappa shape index (κ3) is 4.80. The first-order valence-electron chi connectivity index (χ1n) is 6.74. The predicted molar refractivity (Wildman–Crippen MR) is 73.0 cm³/mol. The van der Waals surface area contributed by atoms with Crippen LogP contribution in [0.25, 0.3) is 0 Å². The standard InChI is InChI=1S/C15H23FO3/c1-4-6-15(19-5-2)13(17)10-11-7-8-14(18-3)12(16)9-11/h7-9,13,15,17H,4-6,10H2,1-3H3. The molecule has 2 unspecified atom stereocenters. The topological polar surface area (TPSA) is 38.7 Å². The molecule has 19 heavy (non-hydrogen) atoms. The van der Waals surface area contributed by atoms with Gasteiger partial charge in [0.1, 0.15) is 0 Å². The van der Waals surface area contributed by atoms with Crippen molar-refractivity contribution >= 4 is 0 Å². The van der Waals surface area contributed by atoms with Crippen molar-refractivity contribution in [2.24, 2.45) is 0 Å². The molecule has 1 rings (SSSR count). The normalized spacial score (nSPS) is 14.2. The van der Waals surface area contributed by atoms with Crippen molar-refractivity contribution in [2.75, 3.05) is 13.7 Å². The molecule has 0 radical (unpaired) electrons. The molecule has 3 nitrogen and oxygen atoms in total. The average Bonchev–Trinajstić information content (AvgIpc) is 2.38. The summed E-state index contributed by atoms with van der Waals surface area (Å²) in [4.78, 5) is 0. The van der Waals surface area contributed by atoms with E-state index in [1.54, 1.807) is 12.1 Å². The highest BCUT2D eigenvalue weighted by Gasteiger charge is 2.19. The lowest BCUT2D eigenvalue weighted by Crippen LogP contribution is -2.31. The lowest BCUT2D eigenvalue weighted by atomic mass is 10.0. The number of hydrogen-bond acceptors (Lipinski definition) is 3. The molecule has 0 saturated heterocycles. The number of aliphatic hydroxyl groups is 1. The maximum Gasteiger partial charge on any atom is 0.165 e. The quantitative estimate of drug-likeness (QED) is 0.789. The summed E-state index contributed by atoms with van der Waals surface area (Å²) in [6, 6.07) is 4.74. The molecule has 0 aromatic heterocycles. The largest absolute Gasteiger partial charge is 0.494 e. The van der Waals surface area contributed by atoms with Crippen molar-refractivity contribution in [2.45, 2.75) is 45.3 Å². The minimum absolute atomic E-state index is 0.194. The van der Waals surface area contributed by atoms with Crippen LogP contribution in [0.5, 0.6) is 5.75 Å². The van der Waals surface area contributed by atoms with E-state index in [4.69, 9.17) is 9.47 Å². The first kappa shape index (κ1) is 15.9. The van der Waals surface area contributed by atoms with Gasteiger partial charge in [0.15, 0.2) is 11.6 Å². The number of rotatable bonds is 8. The Labute approximate surface area is 114 Å². The predicted octanol–water partition coefficient (Wildman–Crippen LogP) is 2.94. The van der Waals surface area contributed by atoms with Crippen LogP contribution in [-0.2, 0) is 11.2 Å². The summed E-state index contributed by atoms with van der Waals surface area (Å²) in [7, 11) is 1.43. The summed E-state index contributed by atoms with van der Waals surface area (Å²) in [6.45, 7) is 4.52. The van der Waals surface area contributed by atoms with E-state index in [-0.39, 0.29) is 11.9 Å². The van der Waals surface area contributed by atoms with Gasteiger partial charge in [-0.1, -0.05) is 19.4 Å². The van der Waals surface area contributed by atoms with Crippen molar-refractivity contribution in [3.63, 3.8) is 0 Å². The first-order valence-corrected chi connectivity index (χ1v) is 6.74. The Morgan fingerprint density at radius 1 is 1.32 bits per heavy atom. The van der Waals surface area contributed by atoms with E-state index in [0.717, 1.165) is 18.4 Å². The van der Waals surface area contributed by atoms with Gasteiger partial charge in [0, 0.05) is 13.0 Å². The molecule has 2 atom stereocenters. The van der Waals surface area contributed by atoms with Gasteiger partial charge in [0.25, 0.3) is 0 Å². The van der Waals surface area contributed by atoms with E-state index < -0.39 is 11.9 Å². The monoisotopic (exact) mass is 270 g/mol. The molecule has 1 aromatic carbocycles. The zero-order valence-corrected chi connectivity index (χ0v) is 11.9. The second-order valence-electron chi connectivity index (χ2n) is 4.52. The number of hydrogen-bond donors (Lipinski definition) is 1. The van der Waals surface area contributed by atoms with E-state index >= 15 is 0 Å². The fourth-order valence-corrected chi connectivity index (χ4v) is 2.10. The van der Waals surface area contributed by atoms with Crippen molar-refractivity contribution in [1.29, 1.82) is 0 Å². The van der Waals surface area contributed by atoms with Crippen molar-refractivity contribution in [1.82, 2.24) is 0 Å². The Morgan fingerprint density at radius 3 is 2.58 bits per heavy atom. The number of benzene rings is 1. The molecule has 0 spiro atoms. The molecular formula is C15H23FO3. The Hall–Kier alpha value is -1.13. The lowest BCUT2D eigenvalue weighted by molar-refractivity contribution is -0.0363. The number of aliphatic hydroxyl groups excluding tert-OH is 1. The summed E-state index contributed by atoms with van der Waals surface area (Å²) < 4.78 is 24.0. The number of ether oxygens (including phenoxy) is 2. The smallest absolute Gasteiger partial charge is 0.165 e. The van der Waals surface area contributed by atoms with Gasteiger partial charge in [-0.3, -0.25) is 0 Å². The lowest BCUT2D eigenvalue weighted by Gasteiger charge is -2.22. The molecule has 0 bridgehead atoms. The van der Waals surface area contributed by atoms with Crippen LogP contribution in [0.3, 0.4) is 0 Å². The third-order valence-corrected chi connectivity index (χ3v) is 3.04. The summed E-state index contributed by atoms with van der Waals surface area (Å²) in [6.07, 6.45) is 1.31. The highest BCUT2D eigenvalue weighted by Crippen LogP contribution is 2.20. The Balaban J connectivity index is 2.68. The molecule has 4 heteroatoms. The minimum atomic E-state index is -0.618. The molecule has 0 amide bonds. The second-order valence-corrected chi connectivity index (χ2v) is 4.52. The minimum Gasteiger partial charge on any atom is -0.494 e. The molecule has 0 heterocycles. The third-order valence-electron chi connectivity index (χ3n) is 3.04. The van der Waals surface area contributed by atoms with E-state index in [1.807, 2.05) is 13.8 Å². The van der Waals surface area contributed by atoms with Crippen LogP contribution in [0.2, 0.25) is 0 Å². The van der Waals surface area contributed by atoms with Gasteiger partial charge in [-0.2, -0.15) is 0 Å². The Kier molecular flexibility index (Phi) is 6.81. The molecular weight excluding hydrogens is 247 g/mol. The van der Waals surface area contributed by atoms with Crippen LogP contribution in [-0.4, -0.2) is 31.0 Å². The number of methoxy groups -OCH3 is 1. The average molecular weight is 270 g/mol. The van der Waals surface area contributed by atoms with Crippen LogP contribution >= 0.6 is 0 Å². The van der Waals surface area contributed by atoms with Crippen molar-refractivity contribution in [3.8, 4) is 5.75 Å².